The van der Waals surface area contributed by atoms with E-state index in [0.717, 1.165) is 11.0 Å². The van der Waals surface area contributed by atoms with Gasteiger partial charge in [0.05, 0.1) is 28.3 Å². The van der Waals surface area contributed by atoms with Gasteiger partial charge in [-0.25, -0.2) is 4.98 Å². The van der Waals surface area contributed by atoms with E-state index in [0.29, 0.717) is 22.1 Å². The summed E-state index contributed by atoms with van der Waals surface area (Å²) >= 11 is 6.06. The molecular weight excluding hydrogens is 354 g/mol. The van der Waals surface area contributed by atoms with Gasteiger partial charge in [-0.2, -0.15) is 4.68 Å². The minimum absolute atomic E-state index is 0.278. The summed E-state index contributed by atoms with van der Waals surface area (Å²) in [6.45, 7) is 1.86. The van der Waals surface area contributed by atoms with E-state index < -0.39 is 0 Å². The van der Waals surface area contributed by atoms with Gasteiger partial charge in [-0.15, -0.1) is 5.10 Å². The highest BCUT2D eigenvalue weighted by Gasteiger charge is 2.19. The predicted molar refractivity (Wildman–Crippen MR) is 96.1 cm³/mol. The molecule has 0 aliphatic carbocycles. The number of amides is 1. The topological polar surface area (TPSA) is 101 Å². The summed E-state index contributed by atoms with van der Waals surface area (Å²) in [5, 5.41) is 14.5. The molecule has 0 aliphatic heterocycles. The first-order valence-electron chi connectivity index (χ1n) is 7.90. The van der Waals surface area contributed by atoms with Gasteiger partial charge >= 0.3 is 0 Å². The van der Waals surface area contributed by atoms with Crippen LogP contribution in [0.4, 0.5) is 0 Å². The summed E-state index contributed by atoms with van der Waals surface area (Å²) in [5.74, 6) is 0.401. The molecule has 0 aliphatic rings. The number of hydrogen-bond acceptors (Lipinski definition) is 5. The molecule has 1 atom stereocenters. The molecule has 0 saturated heterocycles. The van der Waals surface area contributed by atoms with E-state index in [4.69, 9.17) is 11.6 Å². The zero-order valence-corrected chi connectivity index (χ0v) is 14.5. The minimum atomic E-state index is -0.313. The van der Waals surface area contributed by atoms with Crippen molar-refractivity contribution in [3.8, 4) is 5.69 Å². The van der Waals surface area contributed by atoms with Crippen molar-refractivity contribution in [2.45, 2.75) is 13.0 Å². The molecule has 0 bridgehead atoms. The Kier molecular flexibility index (Phi) is 4.10. The van der Waals surface area contributed by atoms with E-state index in [1.165, 1.54) is 11.0 Å². The quantitative estimate of drug-likeness (QED) is 0.577. The lowest BCUT2D eigenvalue weighted by Gasteiger charge is -2.14. The Balaban J connectivity index is 1.62. The van der Waals surface area contributed by atoms with Gasteiger partial charge < -0.3 is 10.3 Å². The van der Waals surface area contributed by atoms with Gasteiger partial charge in [0, 0.05) is 5.02 Å². The summed E-state index contributed by atoms with van der Waals surface area (Å²) < 4.78 is 1.40. The number of H-pyrrole nitrogens is 1. The van der Waals surface area contributed by atoms with Crippen LogP contribution in [0.15, 0.2) is 48.8 Å². The number of para-hydroxylation sites is 2. The van der Waals surface area contributed by atoms with Crippen LogP contribution in [0.3, 0.4) is 0 Å². The molecule has 130 valence electrons. The van der Waals surface area contributed by atoms with Crippen molar-refractivity contribution in [3.05, 3.63) is 65.2 Å². The highest BCUT2D eigenvalue weighted by atomic mass is 35.5. The largest absolute Gasteiger partial charge is 0.342 e. The Morgan fingerprint density at radius 1 is 1.27 bits per heavy atom. The molecule has 0 fully saturated rings. The third-order valence-corrected chi connectivity index (χ3v) is 4.20. The number of fused-ring (bicyclic) bond motifs is 1. The van der Waals surface area contributed by atoms with Crippen molar-refractivity contribution in [1.82, 2.24) is 35.5 Å². The number of aromatic amines is 1. The number of hydrogen-bond donors (Lipinski definition) is 2. The standard InChI is InChI=1S/C17H14ClN7O/c1-10(16-21-13-4-2-3-5-14(13)22-16)20-17(26)12-7-6-11(18)8-15(12)25-9-19-23-24-25/h2-10H,1H3,(H,20,26)(H,21,22). The fourth-order valence-corrected chi connectivity index (χ4v) is 2.84. The van der Waals surface area contributed by atoms with Gasteiger partial charge in [0.25, 0.3) is 5.91 Å². The molecule has 0 radical (unpaired) electrons. The van der Waals surface area contributed by atoms with Crippen LogP contribution in [0.5, 0.6) is 0 Å². The predicted octanol–water partition coefficient (Wildman–Crippen LogP) is 2.68. The number of imidazole rings is 1. The Labute approximate surface area is 153 Å². The number of benzene rings is 2. The first-order chi connectivity index (χ1) is 12.6. The average molecular weight is 368 g/mol. The monoisotopic (exact) mass is 367 g/mol. The van der Waals surface area contributed by atoms with Gasteiger partial charge in [0.1, 0.15) is 12.2 Å². The number of nitrogens with one attached hydrogen (secondary N) is 2. The molecule has 2 aromatic heterocycles. The van der Waals surface area contributed by atoms with Crippen molar-refractivity contribution < 1.29 is 4.79 Å². The van der Waals surface area contributed by atoms with Crippen LogP contribution >= 0.6 is 11.6 Å². The van der Waals surface area contributed by atoms with E-state index >= 15 is 0 Å². The van der Waals surface area contributed by atoms with Crippen LogP contribution in [0.25, 0.3) is 16.7 Å². The van der Waals surface area contributed by atoms with Gasteiger partial charge in [-0.1, -0.05) is 23.7 Å². The fourth-order valence-electron chi connectivity index (χ4n) is 2.68. The molecule has 2 N–H and O–H groups in total. The SMILES string of the molecule is CC(NC(=O)c1ccc(Cl)cc1-n1cnnn1)c1nc2ccccc2[nH]1. The molecule has 2 aromatic carbocycles. The fraction of sp³-hybridized carbons (Fsp3) is 0.118. The molecular formula is C17H14ClN7O. The van der Waals surface area contributed by atoms with Gasteiger partial charge in [0.2, 0.25) is 0 Å². The number of tetrazole rings is 1. The second-order valence-electron chi connectivity index (χ2n) is 5.75. The Morgan fingerprint density at radius 3 is 2.88 bits per heavy atom. The molecule has 9 heteroatoms. The summed E-state index contributed by atoms with van der Waals surface area (Å²) in [5.41, 5.74) is 2.68. The second kappa shape index (κ2) is 6.57. The number of aromatic nitrogens is 6. The first-order valence-corrected chi connectivity index (χ1v) is 8.28. The Hall–Kier alpha value is -3.26. The zero-order valence-electron chi connectivity index (χ0n) is 13.7. The maximum Gasteiger partial charge on any atom is 0.254 e. The summed E-state index contributed by atoms with van der Waals surface area (Å²) in [7, 11) is 0. The van der Waals surface area contributed by atoms with Crippen molar-refractivity contribution in [2.75, 3.05) is 0 Å². The number of halogens is 1. The van der Waals surface area contributed by atoms with Crippen LogP contribution in [0, 0.1) is 0 Å². The average Bonchev–Trinajstić information content (AvgIpc) is 3.31. The molecule has 4 aromatic rings. The number of carbonyl (C=O) groups excluding carboxylic acids is 1. The van der Waals surface area contributed by atoms with Gasteiger partial charge in [-0.05, 0) is 47.7 Å². The Bertz CT molecular complexity index is 1040. The van der Waals surface area contributed by atoms with Crippen LogP contribution in [-0.4, -0.2) is 36.1 Å². The number of nitrogens with zero attached hydrogens (tertiary/aromatic N) is 5. The van der Waals surface area contributed by atoms with Crippen molar-refractivity contribution in [1.29, 1.82) is 0 Å². The van der Waals surface area contributed by atoms with Gasteiger partial charge in [-0.3, -0.25) is 4.79 Å². The second-order valence-corrected chi connectivity index (χ2v) is 6.19. The summed E-state index contributed by atoms with van der Waals surface area (Å²) in [6, 6.07) is 12.3. The summed E-state index contributed by atoms with van der Waals surface area (Å²) in [6.07, 6.45) is 1.41. The highest BCUT2D eigenvalue weighted by molar-refractivity contribution is 6.31. The van der Waals surface area contributed by atoms with Crippen LogP contribution in [0.2, 0.25) is 5.02 Å². The lowest BCUT2D eigenvalue weighted by molar-refractivity contribution is 0.0938. The van der Waals surface area contributed by atoms with E-state index in [1.807, 2.05) is 31.2 Å². The smallest absolute Gasteiger partial charge is 0.254 e. The third-order valence-electron chi connectivity index (χ3n) is 3.97. The Morgan fingerprint density at radius 2 is 2.12 bits per heavy atom. The van der Waals surface area contributed by atoms with Crippen LogP contribution < -0.4 is 5.32 Å². The number of carbonyl (C=O) groups is 1. The minimum Gasteiger partial charge on any atom is -0.342 e. The van der Waals surface area contributed by atoms with E-state index in [2.05, 4.69) is 30.8 Å². The molecule has 2 heterocycles. The third kappa shape index (κ3) is 3.02. The molecule has 8 nitrogen and oxygen atoms in total. The molecule has 26 heavy (non-hydrogen) atoms. The first kappa shape index (κ1) is 16.2. The molecule has 1 unspecified atom stereocenters. The van der Waals surface area contributed by atoms with Crippen LogP contribution in [0.1, 0.15) is 29.1 Å². The highest BCUT2D eigenvalue weighted by Crippen LogP contribution is 2.21. The van der Waals surface area contributed by atoms with Crippen molar-refractivity contribution in [2.24, 2.45) is 0 Å². The van der Waals surface area contributed by atoms with Crippen LogP contribution in [-0.2, 0) is 0 Å². The van der Waals surface area contributed by atoms with E-state index in [-0.39, 0.29) is 11.9 Å². The summed E-state index contributed by atoms with van der Waals surface area (Å²) in [4.78, 5) is 20.5. The number of rotatable bonds is 4. The maximum absolute atomic E-state index is 12.8. The lowest BCUT2D eigenvalue weighted by atomic mass is 10.1. The molecule has 1 amide bonds. The van der Waals surface area contributed by atoms with E-state index in [1.54, 1.807) is 18.2 Å². The maximum atomic E-state index is 12.8. The molecule has 0 spiro atoms. The van der Waals surface area contributed by atoms with Crippen molar-refractivity contribution >= 4 is 28.5 Å². The van der Waals surface area contributed by atoms with E-state index in [9.17, 15) is 4.79 Å². The molecule has 0 saturated carbocycles. The van der Waals surface area contributed by atoms with Crippen molar-refractivity contribution in [3.63, 3.8) is 0 Å². The lowest BCUT2D eigenvalue weighted by Crippen LogP contribution is -2.28. The normalized spacial score (nSPS) is 12.2. The molecule has 4 rings (SSSR count). The van der Waals surface area contributed by atoms with Gasteiger partial charge in [0.15, 0.2) is 0 Å². The zero-order chi connectivity index (χ0) is 18.1.